The summed E-state index contributed by atoms with van der Waals surface area (Å²) in [6, 6.07) is 27.3. The Morgan fingerprint density at radius 3 is 2.18 bits per heavy atom. The molecule has 3 aromatic carbocycles. The minimum atomic E-state index is 0.0947. The molecule has 0 amide bonds. The molecule has 3 heteroatoms. The molecule has 2 nitrogen and oxygen atoms in total. The summed E-state index contributed by atoms with van der Waals surface area (Å²) in [5.41, 5.74) is 4.75. The highest BCUT2D eigenvalue weighted by Gasteiger charge is 2.32. The van der Waals surface area contributed by atoms with Gasteiger partial charge in [-0.1, -0.05) is 54.6 Å². The lowest BCUT2D eigenvalue weighted by molar-refractivity contribution is 0.827. The van der Waals surface area contributed by atoms with E-state index in [9.17, 15) is 0 Å². The van der Waals surface area contributed by atoms with E-state index in [0.29, 0.717) is 0 Å². The van der Waals surface area contributed by atoms with Gasteiger partial charge in [-0.2, -0.15) is 0 Å². The molecule has 1 aliphatic rings. The van der Waals surface area contributed by atoms with Crippen LogP contribution in [0.3, 0.4) is 0 Å². The van der Waals surface area contributed by atoms with E-state index in [1.165, 1.54) is 16.9 Å². The van der Waals surface area contributed by atoms with Crippen LogP contribution in [0.4, 0.5) is 17.1 Å². The molecule has 1 heterocycles. The summed E-state index contributed by atoms with van der Waals surface area (Å²) in [5.74, 6) is 0. The number of fused-ring (bicyclic) bond motifs is 1. The standard InChI is InChI=1S/C19H15BrN2/c20-16-12-7-13-17-18(16)22(15-10-5-2-6-11-15)19(21-17)14-8-3-1-4-9-14/h1-13,19,21H. The number of benzene rings is 3. The molecule has 0 aliphatic carbocycles. The highest BCUT2D eigenvalue weighted by atomic mass is 79.9. The number of halogens is 1. The summed E-state index contributed by atoms with van der Waals surface area (Å²) in [4.78, 5) is 2.34. The predicted octanol–water partition coefficient (Wildman–Crippen LogP) is 5.71. The van der Waals surface area contributed by atoms with E-state index >= 15 is 0 Å². The maximum Gasteiger partial charge on any atom is 0.130 e. The van der Waals surface area contributed by atoms with Crippen molar-refractivity contribution in [1.29, 1.82) is 0 Å². The average Bonchev–Trinajstić information content (AvgIpc) is 2.97. The van der Waals surface area contributed by atoms with Crippen molar-refractivity contribution in [3.05, 3.63) is 88.9 Å². The molecule has 1 atom stereocenters. The van der Waals surface area contributed by atoms with Crippen molar-refractivity contribution in [1.82, 2.24) is 0 Å². The van der Waals surface area contributed by atoms with E-state index < -0.39 is 0 Å². The van der Waals surface area contributed by atoms with Crippen molar-refractivity contribution < 1.29 is 0 Å². The molecule has 0 spiro atoms. The summed E-state index contributed by atoms with van der Waals surface area (Å²) < 4.78 is 1.10. The van der Waals surface area contributed by atoms with Gasteiger partial charge in [0, 0.05) is 10.2 Å². The molecule has 0 saturated carbocycles. The monoisotopic (exact) mass is 350 g/mol. The summed E-state index contributed by atoms with van der Waals surface area (Å²) in [7, 11) is 0. The number of para-hydroxylation sites is 2. The van der Waals surface area contributed by atoms with Crippen molar-refractivity contribution in [2.24, 2.45) is 0 Å². The Balaban J connectivity index is 1.89. The Bertz CT molecular complexity index is 787. The second-order valence-corrected chi connectivity index (χ2v) is 6.15. The molecule has 0 radical (unpaired) electrons. The third-order valence-corrected chi connectivity index (χ3v) is 4.57. The fraction of sp³-hybridized carbons (Fsp3) is 0.0526. The van der Waals surface area contributed by atoms with Crippen LogP contribution in [0.5, 0.6) is 0 Å². The van der Waals surface area contributed by atoms with Gasteiger partial charge in [-0.05, 0) is 45.8 Å². The highest BCUT2D eigenvalue weighted by Crippen LogP contribution is 2.49. The molecule has 1 N–H and O–H groups in total. The molecule has 0 saturated heterocycles. The fourth-order valence-corrected chi connectivity index (χ4v) is 3.51. The number of nitrogens with zero attached hydrogens (tertiary/aromatic N) is 1. The van der Waals surface area contributed by atoms with E-state index in [4.69, 9.17) is 0 Å². The van der Waals surface area contributed by atoms with Crippen molar-refractivity contribution in [2.75, 3.05) is 10.2 Å². The van der Waals surface area contributed by atoms with Gasteiger partial charge in [0.15, 0.2) is 0 Å². The van der Waals surface area contributed by atoms with E-state index in [1.807, 2.05) is 12.1 Å². The third-order valence-electron chi connectivity index (χ3n) is 3.93. The molecule has 1 unspecified atom stereocenters. The lowest BCUT2D eigenvalue weighted by Gasteiger charge is -2.27. The first-order valence-electron chi connectivity index (χ1n) is 7.29. The van der Waals surface area contributed by atoms with Crippen molar-refractivity contribution in [3.8, 4) is 0 Å². The van der Waals surface area contributed by atoms with Crippen LogP contribution in [0.2, 0.25) is 0 Å². The van der Waals surface area contributed by atoms with Gasteiger partial charge in [0.25, 0.3) is 0 Å². The Morgan fingerprint density at radius 2 is 1.45 bits per heavy atom. The minimum absolute atomic E-state index is 0.0947. The Kier molecular flexibility index (Phi) is 3.35. The number of hydrogen-bond donors (Lipinski definition) is 1. The first-order valence-corrected chi connectivity index (χ1v) is 8.08. The first kappa shape index (κ1) is 13.4. The topological polar surface area (TPSA) is 15.3 Å². The smallest absolute Gasteiger partial charge is 0.130 e. The molecule has 0 aromatic heterocycles. The number of hydrogen-bond acceptors (Lipinski definition) is 2. The average molecular weight is 351 g/mol. The molecule has 108 valence electrons. The Hall–Kier alpha value is -2.26. The molecule has 0 fully saturated rings. The molecule has 3 aromatic rings. The molecular formula is C19H15BrN2. The van der Waals surface area contributed by atoms with Crippen LogP contribution in [0.25, 0.3) is 0 Å². The summed E-state index contributed by atoms with van der Waals surface area (Å²) in [6.45, 7) is 0. The van der Waals surface area contributed by atoms with Crippen LogP contribution >= 0.6 is 15.9 Å². The maximum atomic E-state index is 3.70. The zero-order valence-electron chi connectivity index (χ0n) is 11.9. The van der Waals surface area contributed by atoms with Gasteiger partial charge in [0.2, 0.25) is 0 Å². The van der Waals surface area contributed by atoms with Crippen LogP contribution in [-0.4, -0.2) is 0 Å². The lowest BCUT2D eigenvalue weighted by atomic mass is 10.1. The van der Waals surface area contributed by atoms with Crippen molar-refractivity contribution in [2.45, 2.75) is 6.17 Å². The predicted molar refractivity (Wildman–Crippen MR) is 95.5 cm³/mol. The molecule has 22 heavy (non-hydrogen) atoms. The third kappa shape index (κ3) is 2.18. The number of nitrogens with one attached hydrogen (secondary N) is 1. The van der Waals surface area contributed by atoms with Crippen LogP contribution in [0.15, 0.2) is 83.3 Å². The van der Waals surface area contributed by atoms with E-state index in [0.717, 1.165) is 10.2 Å². The Labute approximate surface area is 138 Å². The van der Waals surface area contributed by atoms with Crippen molar-refractivity contribution >= 4 is 33.0 Å². The van der Waals surface area contributed by atoms with Gasteiger partial charge in [0.1, 0.15) is 6.17 Å². The molecular weight excluding hydrogens is 336 g/mol. The maximum absolute atomic E-state index is 3.70. The van der Waals surface area contributed by atoms with E-state index in [2.05, 4.69) is 92.9 Å². The minimum Gasteiger partial charge on any atom is -0.359 e. The second kappa shape index (κ2) is 5.50. The summed E-state index contributed by atoms with van der Waals surface area (Å²) in [6.07, 6.45) is 0.0947. The second-order valence-electron chi connectivity index (χ2n) is 5.30. The van der Waals surface area contributed by atoms with Crippen LogP contribution < -0.4 is 10.2 Å². The number of rotatable bonds is 2. The quantitative estimate of drug-likeness (QED) is 0.636. The van der Waals surface area contributed by atoms with Gasteiger partial charge in [0.05, 0.1) is 11.4 Å². The first-order chi connectivity index (χ1) is 10.8. The zero-order chi connectivity index (χ0) is 14.9. The van der Waals surface area contributed by atoms with Crippen LogP contribution in [-0.2, 0) is 0 Å². The fourth-order valence-electron chi connectivity index (χ4n) is 2.95. The van der Waals surface area contributed by atoms with Crippen LogP contribution in [0, 0.1) is 0 Å². The van der Waals surface area contributed by atoms with Crippen LogP contribution in [0.1, 0.15) is 11.7 Å². The van der Waals surface area contributed by atoms with Gasteiger partial charge in [-0.3, -0.25) is 0 Å². The number of anilines is 3. The molecule has 4 rings (SSSR count). The normalized spacial score (nSPS) is 16.2. The molecule has 0 bridgehead atoms. The summed E-state index contributed by atoms with van der Waals surface area (Å²) >= 11 is 3.70. The summed E-state index contributed by atoms with van der Waals surface area (Å²) in [5, 5.41) is 3.64. The Morgan fingerprint density at radius 1 is 0.773 bits per heavy atom. The van der Waals surface area contributed by atoms with Gasteiger partial charge in [-0.25, -0.2) is 0 Å². The SMILES string of the molecule is Brc1cccc2c1N(c1ccccc1)C(c1ccccc1)N2. The molecule has 1 aliphatic heterocycles. The largest absolute Gasteiger partial charge is 0.359 e. The van der Waals surface area contributed by atoms with E-state index in [1.54, 1.807) is 0 Å². The highest BCUT2D eigenvalue weighted by molar-refractivity contribution is 9.10. The van der Waals surface area contributed by atoms with Gasteiger partial charge < -0.3 is 10.2 Å². The zero-order valence-corrected chi connectivity index (χ0v) is 13.5. The van der Waals surface area contributed by atoms with E-state index in [-0.39, 0.29) is 6.17 Å². The van der Waals surface area contributed by atoms with Gasteiger partial charge >= 0.3 is 0 Å². The van der Waals surface area contributed by atoms with Crippen molar-refractivity contribution in [3.63, 3.8) is 0 Å². The van der Waals surface area contributed by atoms with Gasteiger partial charge in [-0.15, -0.1) is 0 Å². The lowest BCUT2D eigenvalue weighted by Crippen LogP contribution is -2.23.